The van der Waals surface area contributed by atoms with Crippen LogP contribution in [0.15, 0.2) is 24.3 Å². The van der Waals surface area contributed by atoms with Gasteiger partial charge in [0.15, 0.2) is 0 Å². The third-order valence-corrected chi connectivity index (χ3v) is 5.11. The number of benzene rings is 2. The van der Waals surface area contributed by atoms with Crippen LogP contribution < -0.4 is 10.6 Å². The maximum absolute atomic E-state index is 12.7. The van der Waals surface area contributed by atoms with Crippen LogP contribution in [0.2, 0.25) is 0 Å². The highest BCUT2D eigenvalue weighted by atomic mass is 16.3. The molecule has 2 amide bonds. The average Bonchev–Trinajstić information content (AvgIpc) is 2.64. The molecule has 30 heavy (non-hydrogen) atoms. The molecule has 0 aliphatic heterocycles. The Morgan fingerprint density at radius 1 is 1.03 bits per heavy atom. The highest BCUT2D eigenvalue weighted by Crippen LogP contribution is 2.32. The van der Waals surface area contributed by atoms with Gasteiger partial charge in [0.1, 0.15) is 5.75 Å². The van der Waals surface area contributed by atoms with Crippen LogP contribution in [0.25, 0.3) is 0 Å². The maximum atomic E-state index is 12.7. The van der Waals surface area contributed by atoms with Crippen LogP contribution >= 0.6 is 0 Å². The first-order chi connectivity index (χ1) is 13.8. The van der Waals surface area contributed by atoms with Crippen molar-refractivity contribution in [2.24, 2.45) is 0 Å². The van der Waals surface area contributed by atoms with Crippen molar-refractivity contribution < 1.29 is 14.7 Å². The van der Waals surface area contributed by atoms with Crippen LogP contribution in [-0.2, 0) is 10.2 Å². The van der Waals surface area contributed by atoms with Crippen molar-refractivity contribution in [2.75, 3.05) is 31.3 Å². The summed E-state index contributed by atoms with van der Waals surface area (Å²) in [7, 11) is 3.40. The zero-order valence-corrected chi connectivity index (χ0v) is 19.2. The van der Waals surface area contributed by atoms with Gasteiger partial charge in [0, 0.05) is 36.6 Å². The number of rotatable bonds is 5. The molecule has 3 N–H and O–H groups in total. The molecule has 0 saturated heterocycles. The zero-order valence-electron chi connectivity index (χ0n) is 19.2. The van der Waals surface area contributed by atoms with Crippen LogP contribution in [0.1, 0.15) is 53.4 Å². The number of anilines is 2. The first-order valence-corrected chi connectivity index (χ1v) is 10.0. The molecule has 6 heteroatoms. The molecule has 0 saturated carbocycles. The van der Waals surface area contributed by atoms with E-state index in [1.807, 2.05) is 32.9 Å². The minimum atomic E-state index is -0.228. The molecular formula is C24H33N3O3. The van der Waals surface area contributed by atoms with Crippen LogP contribution in [0.3, 0.4) is 0 Å². The van der Waals surface area contributed by atoms with Crippen molar-refractivity contribution in [1.82, 2.24) is 4.90 Å². The minimum absolute atomic E-state index is 0.0413. The SMILES string of the molecule is Cc1cc(C)c(NCC(=O)Nc2cc(C(=O)N(C)C)ccc2C(C)(C)C)c(C)c1O. The lowest BCUT2D eigenvalue weighted by molar-refractivity contribution is -0.114. The van der Waals surface area contributed by atoms with Gasteiger partial charge in [0.25, 0.3) is 5.91 Å². The summed E-state index contributed by atoms with van der Waals surface area (Å²) in [5, 5.41) is 16.3. The topological polar surface area (TPSA) is 81.7 Å². The molecule has 0 unspecified atom stereocenters. The molecular weight excluding hydrogens is 378 g/mol. The highest BCUT2D eigenvalue weighted by molar-refractivity contribution is 5.99. The molecule has 0 radical (unpaired) electrons. The summed E-state index contributed by atoms with van der Waals surface area (Å²) < 4.78 is 0. The fourth-order valence-corrected chi connectivity index (χ4v) is 3.50. The van der Waals surface area contributed by atoms with E-state index in [1.54, 1.807) is 26.2 Å². The summed E-state index contributed by atoms with van der Waals surface area (Å²) in [6, 6.07) is 7.30. The summed E-state index contributed by atoms with van der Waals surface area (Å²) in [5.74, 6) is -0.118. The van der Waals surface area contributed by atoms with Gasteiger partial charge in [-0.15, -0.1) is 0 Å². The Hall–Kier alpha value is -3.02. The Balaban J connectivity index is 2.26. The molecule has 0 atom stereocenters. The highest BCUT2D eigenvalue weighted by Gasteiger charge is 2.21. The van der Waals surface area contributed by atoms with Crippen LogP contribution in [0, 0.1) is 20.8 Å². The summed E-state index contributed by atoms with van der Waals surface area (Å²) in [6.45, 7) is 11.8. The molecule has 2 aromatic rings. The first kappa shape index (κ1) is 23.3. The largest absolute Gasteiger partial charge is 0.507 e. The summed E-state index contributed by atoms with van der Waals surface area (Å²) >= 11 is 0. The fourth-order valence-electron chi connectivity index (χ4n) is 3.50. The van der Waals surface area contributed by atoms with Crippen molar-refractivity contribution >= 4 is 23.2 Å². The molecule has 0 aromatic heterocycles. The number of hydrogen-bond donors (Lipinski definition) is 3. The quantitative estimate of drug-likeness (QED) is 0.682. The van der Waals surface area contributed by atoms with Gasteiger partial charge in [-0.25, -0.2) is 0 Å². The number of phenolic OH excluding ortho intramolecular Hbond substituents is 1. The van der Waals surface area contributed by atoms with E-state index in [2.05, 4.69) is 31.4 Å². The van der Waals surface area contributed by atoms with E-state index in [-0.39, 0.29) is 29.5 Å². The second-order valence-electron chi connectivity index (χ2n) is 8.97. The average molecular weight is 412 g/mol. The number of nitrogens with one attached hydrogen (secondary N) is 2. The summed E-state index contributed by atoms with van der Waals surface area (Å²) in [4.78, 5) is 26.6. The van der Waals surface area contributed by atoms with Crippen LogP contribution in [-0.4, -0.2) is 42.5 Å². The molecule has 0 heterocycles. The predicted octanol–water partition coefficient (Wildman–Crippen LogP) is 4.37. The number of carbonyl (C=O) groups is 2. The lowest BCUT2D eigenvalue weighted by Gasteiger charge is -2.24. The summed E-state index contributed by atoms with van der Waals surface area (Å²) in [5.41, 5.74) is 5.13. The van der Waals surface area contributed by atoms with E-state index in [1.165, 1.54) is 4.90 Å². The molecule has 6 nitrogen and oxygen atoms in total. The van der Waals surface area contributed by atoms with Gasteiger partial charge in [-0.05, 0) is 55.0 Å². The Bertz CT molecular complexity index is 973. The molecule has 162 valence electrons. The van der Waals surface area contributed by atoms with Crippen LogP contribution in [0.5, 0.6) is 5.75 Å². The number of aryl methyl sites for hydroxylation is 2. The van der Waals surface area contributed by atoms with Crippen molar-refractivity contribution in [3.05, 3.63) is 52.1 Å². The van der Waals surface area contributed by atoms with E-state index in [0.717, 1.165) is 22.4 Å². The van der Waals surface area contributed by atoms with Crippen LogP contribution in [0.4, 0.5) is 11.4 Å². The predicted molar refractivity (Wildman–Crippen MR) is 123 cm³/mol. The van der Waals surface area contributed by atoms with E-state index < -0.39 is 0 Å². The third kappa shape index (κ3) is 5.12. The Labute approximate surface area is 179 Å². The number of aromatic hydroxyl groups is 1. The number of nitrogens with zero attached hydrogens (tertiary/aromatic N) is 1. The Kier molecular flexibility index (Phi) is 6.80. The second kappa shape index (κ2) is 8.78. The number of amides is 2. The van der Waals surface area contributed by atoms with E-state index in [9.17, 15) is 14.7 Å². The third-order valence-electron chi connectivity index (χ3n) is 5.11. The molecule has 0 aliphatic carbocycles. The van der Waals surface area contributed by atoms with Crippen molar-refractivity contribution in [2.45, 2.75) is 47.0 Å². The van der Waals surface area contributed by atoms with E-state index in [0.29, 0.717) is 16.8 Å². The molecule has 0 aliphatic rings. The normalized spacial score (nSPS) is 11.2. The number of phenols is 1. The molecule has 0 spiro atoms. The van der Waals surface area contributed by atoms with Gasteiger partial charge in [-0.3, -0.25) is 9.59 Å². The lowest BCUT2D eigenvalue weighted by Crippen LogP contribution is -2.26. The monoisotopic (exact) mass is 411 g/mol. The molecule has 0 bridgehead atoms. The molecule has 2 rings (SSSR count). The minimum Gasteiger partial charge on any atom is -0.507 e. The number of hydrogen-bond acceptors (Lipinski definition) is 4. The van der Waals surface area contributed by atoms with Crippen molar-refractivity contribution in [3.8, 4) is 5.75 Å². The molecule has 2 aromatic carbocycles. The smallest absolute Gasteiger partial charge is 0.253 e. The van der Waals surface area contributed by atoms with Crippen molar-refractivity contribution in [1.29, 1.82) is 0 Å². The van der Waals surface area contributed by atoms with Gasteiger partial charge in [0.05, 0.1) is 6.54 Å². The van der Waals surface area contributed by atoms with Gasteiger partial charge in [-0.2, -0.15) is 0 Å². The fraction of sp³-hybridized carbons (Fsp3) is 0.417. The van der Waals surface area contributed by atoms with Gasteiger partial charge in [0.2, 0.25) is 5.91 Å². The summed E-state index contributed by atoms with van der Waals surface area (Å²) in [6.07, 6.45) is 0. The zero-order chi connectivity index (χ0) is 22.8. The van der Waals surface area contributed by atoms with Gasteiger partial charge < -0.3 is 20.6 Å². The standard InChI is InChI=1S/C24H33N3O3/c1-14-11-15(2)22(29)16(3)21(14)25-13-20(28)26-19-12-17(23(30)27(7)8)9-10-18(19)24(4,5)6/h9-12,25,29H,13H2,1-8H3,(H,26,28). The second-order valence-corrected chi connectivity index (χ2v) is 8.97. The van der Waals surface area contributed by atoms with E-state index in [4.69, 9.17) is 0 Å². The Morgan fingerprint density at radius 3 is 2.23 bits per heavy atom. The first-order valence-electron chi connectivity index (χ1n) is 10.0. The van der Waals surface area contributed by atoms with Gasteiger partial charge in [-0.1, -0.05) is 32.9 Å². The lowest BCUT2D eigenvalue weighted by atomic mass is 9.85. The van der Waals surface area contributed by atoms with Gasteiger partial charge >= 0.3 is 0 Å². The van der Waals surface area contributed by atoms with Crippen molar-refractivity contribution in [3.63, 3.8) is 0 Å². The molecule has 0 fully saturated rings. The maximum Gasteiger partial charge on any atom is 0.253 e. The number of carbonyl (C=O) groups excluding carboxylic acids is 2. The van der Waals surface area contributed by atoms with E-state index >= 15 is 0 Å². The Morgan fingerprint density at radius 2 is 1.67 bits per heavy atom.